The van der Waals surface area contributed by atoms with E-state index < -0.39 is 0 Å². The van der Waals surface area contributed by atoms with Crippen LogP contribution in [0.2, 0.25) is 0 Å². The van der Waals surface area contributed by atoms with Crippen LogP contribution in [0.1, 0.15) is 5.56 Å². The zero-order valence-electron chi connectivity index (χ0n) is 15.1. The minimum absolute atomic E-state index is 0.156. The van der Waals surface area contributed by atoms with Gasteiger partial charge in [-0.2, -0.15) is 0 Å². The first-order valence-electron chi connectivity index (χ1n) is 8.31. The molecule has 132 valence electrons. The maximum Gasteiger partial charge on any atom is 0.243 e. The fourth-order valence-corrected chi connectivity index (χ4v) is 2.91. The van der Waals surface area contributed by atoms with E-state index in [1.165, 1.54) is 6.08 Å². The quantitative estimate of drug-likeness (QED) is 0.701. The Labute approximate surface area is 153 Å². The topological polar surface area (TPSA) is 47.6 Å². The molecule has 0 saturated carbocycles. The van der Waals surface area contributed by atoms with Gasteiger partial charge in [0, 0.05) is 18.7 Å². The average molecular weight is 347 g/mol. The van der Waals surface area contributed by atoms with E-state index in [0.29, 0.717) is 0 Å². The van der Waals surface area contributed by atoms with Gasteiger partial charge >= 0.3 is 0 Å². The summed E-state index contributed by atoms with van der Waals surface area (Å²) in [7, 11) is 4.90. The van der Waals surface area contributed by atoms with Gasteiger partial charge in [0.15, 0.2) is 0 Å². The molecule has 0 saturated heterocycles. The first-order chi connectivity index (χ1) is 12.7. The second-order valence-electron chi connectivity index (χ2n) is 5.80. The Hall–Kier alpha value is -3.27. The molecule has 1 N–H and O–H groups in total. The summed E-state index contributed by atoms with van der Waals surface area (Å²) in [5.74, 6) is 1.40. The highest BCUT2D eigenvalue weighted by Crippen LogP contribution is 2.33. The van der Waals surface area contributed by atoms with Crippen LogP contribution in [0.5, 0.6) is 11.5 Å². The van der Waals surface area contributed by atoms with Crippen molar-refractivity contribution in [1.29, 1.82) is 0 Å². The van der Waals surface area contributed by atoms with E-state index in [9.17, 15) is 4.79 Å². The zero-order valence-corrected chi connectivity index (χ0v) is 15.1. The molecule has 26 heavy (non-hydrogen) atoms. The van der Waals surface area contributed by atoms with Gasteiger partial charge in [0.2, 0.25) is 5.91 Å². The molecular formula is C22H21NO3. The molecule has 3 rings (SSSR count). The minimum Gasteiger partial charge on any atom is -0.497 e. The lowest BCUT2D eigenvalue weighted by molar-refractivity contribution is -0.115. The monoisotopic (exact) mass is 347 g/mol. The Morgan fingerprint density at radius 3 is 2.50 bits per heavy atom. The number of carbonyl (C=O) groups is 1. The molecule has 0 unspecified atom stereocenters. The van der Waals surface area contributed by atoms with Crippen LogP contribution in [0, 0.1) is 0 Å². The van der Waals surface area contributed by atoms with Crippen molar-refractivity contribution < 1.29 is 14.3 Å². The summed E-state index contributed by atoms with van der Waals surface area (Å²) in [5, 5.41) is 4.68. The second-order valence-corrected chi connectivity index (χ2v) is 5.80. The average Bonchev–Trinajstić information content (AvgIpc) is 2.71. The van der Waals surface area contributed by atoms with E-state index in [-0.39, 0.29) is 5.91 Å². The van der Waals surface area contributed by atoms with Gasteiger partial charge in [0.1, 0.15) is 11.5 Å². The minimum atomic E-state index is -0.156. The van der Waals surface area contributed by atoms with Gasteiger partial charge in [-0.1, -0.05) is 30.3 Å². The van der Waals surface area contributed by atoms with Crippen molar-refractivity contribution in [3.8, 4) is 22.6 Å². The second kappa shape index (κ2) is 7.74. The molecule has 0 spiro atoms. The van der Waals surface area contributed by atoms with Crippen LogP contribution in [-0.2, 0) is 4.79 Å². The Morgan fingerprint density at radius 2 is 1.77 bits per heavy atom. The van der Waals surface area contributed by atoms with Crippen LogP contribution >= 0.6 is 0 Å². The van der Waals surface area contributed by atoms with Gasteiger partial charge in [0.25, 0.3) is 0 Å². The molecule has 0 heterocycles. The van der Waals surface area contributed by atoms with Crippen molar-refractivity contribution >= 4 is 22.8 Å². The van der Waals surface area contributed by atoms with E-state index in [1.54, 1.807) is 27.3 Å². The molecule has 3 aromatic carbocycles. The highest BCUT2D eigenvalue weighted by molar-refractivity contribution is 5.99. The lowest BCUT2D eigenvalue weighted by Crippen LogP contribution is -2.13. The van der Waals surface area contributed by atoms with Crippen LogP contribution in [0.25, 0.3) is 28.0 Å². The standard InChI is InChI=1S/C22H21NO3/c1-23-22(24)12-10-20-19-9-7-16(13-17(19)8-11-21(20)26-3)15-5-4-6-18(14-15)25-2/h4-14H,1-3H3,(H,23,24). The van der Waals surface area contributed by atoms with E-state index >= 15 is 0 Å². The molecule has 0 radical (unpaired) electrons. The highest BCUT2D eigenvalue weighted by atomic mass is 16.5. The summed E-state index contributed by atoms with van der Waals surface area (Å²) in [4.78, 5) is 11.6. The molecule has 0 fully saturated rings. The van der Waals surface area contributed by atoms with E-state index in [0.717, 1.165) is 39.0 Å². The third-order valence-electron chi connectivity index (χ3n) is 4.29. The SMILES string of the molecule is CNC(=O)C=Cc1c(OC)ccc2cc(-c3cccc(OC)c3)ccc12. The molecular weight excluding hydrogens is 326 g/mol. The summed E-state index contributed by atoms with van der Waals surface area (Å²) in [6.45, 7) is 0. The lowest BCUT2D eigenvalue weighted by atomic mass is 9.97. The van der Waals surface area contributed by atoms with Crippen molar-refractivity contribution in [2.24, 2.45) is 0 Å². The van der Waals surface area contributed by atoms with Crippen LogP contribution in [-0.4, -0.2) is 27.2 Å². The van der Waals surface area contributed by atoms with Gasteiger partial charge < -0.3 is 14.8 Å². The lowest BCUT2D eigenvalue weighted by Gasteiger charge is -2.11. The Morgan fingerprint density at radius 1 is 0.962 bits per heavy atom. The number of nitrogens with one attached hydrogen (secondary N) is 1. The summed E-state index contributed by atoms with van der Waals surface area (Å²) < 4.78 is 10.8. The van der Waals surface area contributed by atoms with Crippen molar-refractivity contribution in [2.75, 3.05) is 21.3 Å². The Bertz CT molecular complexity index is 976. The van der Waals surface area contributed by atoms with E-state index in [2.05, 4.69) is 29.6 Å². The normalized spacial score (nSPS) is 10.9. The molecule has 0 bridgehead atoms. The van der Waals surface area contributed by atoms with E-state index in [4.69, 9.17) is 9.47 Å². The molecule has 0 atom stereocenters. The molecule has 4 heteroatoms. The number of likely N-dealkylation sites (N-methyl/N-ethyl adjacent to an activating group) is 1. The number of fused-ring (bicyclic) bond motifs is 1. The molecule has 0 aliphatic heterocycles. The number of methoxy groups -OCH3 is 2. The smallest absolute Gasteiger partial charge is 0.243 e. The number of hydrogen-bond acceptors (Lipinski definition) is 3. The number of hydrogen-bond donors (Lipinski definition) is 1. The third-order valence-corrected chi connectivity index (χ3v) is 4.29. The number of carbonyl (C=O) groups excluding carboxylic acids is 1. The molecule has 0 aliphatic carbocycles. The fraction of sp³-hybridized carbons (Fsp3) is 0.136. The molecule has 4 nitrogen and oxygen atoms in total. The predicted octanol–water partition coefficient (Wildman–Crippen LogP) is 4.28. The van der Waals surface area contributed by atoms with Crippen molar-refractivity contribution in [1.82, 2.24) is 5.32 Å². The van der Waals surface area contributed by atoms with Gasteiger partial charge in [-0.3, -0.25) is 4.79 Å². The molecule has 0 aliphatic rings. The Balaban J connectivity index is 2.11. The van der Waals surface area contributed by atoms with Crippen molar-refractivity contribution in [3.05, 3.63) is 66.2 Å². The first-order valence-corrected chi connectivity index (χ1v) is 8.31. The summed E-state index contributed by atoms with van der Waals surface area (Å²) in [6.07, 6.45) is 3.29. The van der Waals surface area contributed by atoms with Gasteiger partial charge in [0.05, 0.1) is 14.2 Å². The number of amides is 1. The van der Waals surface area contributed by atoms with Crippen LogP contribution in [0.4, 0.5) is 0 Å². The maximum atomic E-state index is 11.6. The zero-order chi connectivity index (χ0) is 18.5. The number of rotatable bonds is 5. The summed E-state index contributed by atoms with van der Waals surface area (Å²) in [5.41, 5.74) is 3.07. The number of ether oxygens (including phenoxy) is 2. The molecule has 1 amide bonds. The van der Waals surface area contributed by atoms with Gasteiger partial charge in [-0.25, -0.2) is 0 Å². The van der Waals surface area contributed by atoms with Crippen molar-refractivity contribution in [2.45, 2.75) is 0 Å². The molecule has 0 aromatic heterocycles. The molecule has 3 aromatic rings. The largest absolute Gasteiger partial charge is 0.497 e. The number of benzene rings is 3. The fourth-order valence-electron chi connectivity index (χ4n) is 2.91. The van der Waals surface area contributed by atoms with Gasteiger partial charge in [-0.05, 0) is 52.2 Å². The summed E-state index contributed by atoms with van der Waals surface area (Å²) in [6, 6.07) is 18.2. The predicted molar refractivity (Wildman–Crippen MR) is 106 cm³/mol. The van der Waals surface area contributed by atoms with E-state index in [1.807, 2.05) is 30.3 Å². The van der Waals surface area contributed by atoms with Crippen molar-refractivity contribution in [3.63, 3.8) is 0 Å². The van der Waals surface area contributed by atoms with Crippen LogP contribution in [0.15, 0.2) is 60.7 Å². The van der Waals surface area contributed by atoms with Gasteiger partial charge in [-0.15, -0.1) is 0 Å². The van der Waals surface area contributed by atoms with Crippen LogP contribution in [0.3, 0.4) is 0 Å². The third kappa shape index (κ3) is 3.54. The summed E-state index contributed by atoms with van der Waals surface area (Å²) >= 11 is 0. The Kier molecular flexibility index (Phi) is 5.23. The highest BCUT2D eigenvalue weighted by Gasteiger charge is 2.08. The maximum absolute atomic E-state index is 11.6. The van der Waals surface area contributed by atoms with Crippen LogP contribution < -0.4 is 14.8 Å². The first kappa shape index (κ1) is 17.5.